The molecule has 1 unspecified atom stereocenters. The fourth-order valence-corrected chi connectivity index (χ4v) is 4.59. The number of carbonyl (C=O) groups excluding carboxylic acids is 1. The molecule has 0 bridgehead atoms. The van der Waals surface area contributed by atoms with Gasteiger partial charge in [-0.1, -0.05) is 25.5 Å². The molecule has 0 radical (unpaired) electrons. The number of hydrogen-bond acceptors (Lipinski definition) is 3. The molecule has 1 aromatic rings. The third-order valence-corrected chi connectivity index (χ3v) is 6.68. The van der Waals surface area contributed by atoms with E-state index < -0.39 is 0 Å². The number of nitrogens with one attached hydrogen (secondary N) is 2. The van der Waals surface area contributed by atoms with Crippen molar-refractivity contribution in [1.29, 1.82) is 0 Å². The van der Waals surface area contributed by atoms with Crippen LogP contribution in [0.4, 0.5) is 5.69 Å². The Morgan fingerprint density at radius 3 is 2.82 bits per heavy atom. The van der Waals surface area contributed by atoms with Crippen molar-refractivity contribution in [3.05, 3.63) is 29.8 Å². The molecular formula is C21H33IN4OS. The molecule has 5 nitrogen and oxygen atoms in total. The molecule has 1 saturated carbocycles. The van der Waals surface area contributed by atoms with E-state index in [4.69, 9.17) is 4.99 Å². The number of amides is 1. The molecule has 1 aliphatic heterocycles. The first-order valence-corrected chi connectivity index (χ1v) is 11.3. The topological polar surface area (TPSA) is 56.7 Å². The molecule has 0 aromatic heterocycles. The summed E-state index contributed by atoms with van der Waals surface area (Å²) in [7, 11) is 0. The summed E-state index contributed by atoms with van der Waals surface area (Å²) < 4.78 is 0. The van der Waals surface area contributed by atoms with Crippen LogP contribution in [0.15, 0.2) is 29.3 Å². The second-order valence-electron chi connectivity index (χ2n) is 7.33. The maximum Gasteiger partial charge on any atom is 0.227 e. The van der Waals surface area contributed by atoms with Gasteiger partial charge in [0.25, 0.3) is 0 Å². The van der Waals surface area contributed by atoms with Gasteiger partial charge in [-0.25, -0.2) is 4.99 Å². The van der Waals surface area contributed by atoms with Crippen LogP contribution in [0.3, 0.4) is 0 Å². The number of carbonyl (C=O) groups is 1. The average Bonchev–Trinajstić information content (AvgIpc) is 2.64. The first kappa shape index (κ1) is 23.3. The van der Waals surface area contributed by atoms with Crippen LogP contribution in [0.5, 0.6) is 0 Å². The Bertz CT molecular complexity index is 666. The Morgan fingerprint density at radius 1 is 1.32 bits per heavy atom. The third-order valence-electron chi connectivity index (χ3n) is 5.31. The fraction of sp³-hybridized carbons (Fsp3) is 0.619. The van der Waals surface area contributed by atoms with Gasteiger partial charge in [0, 0.05) is 42.2 Å². The zero-order valence-electron chi connectivity index (χ0n) is 16.9. The summed E-state index contributed by atoms with van der Waals surface area (Å²) in [6, 6.07) is 8.08. The van der Waals surface area contributed by atoms with E-state index in [1.165, 1.54) is 12.8 Å². The maximum absolute atomic E-state index is 12.2. The lowest BCUT2D eigenvalue weighted by Crippen LogP contribution is -2.48. The minimum absolute atomic E-state index is 0. The van der Waals surface area contributed by atoms with Crippen molar-refractivity contribution in [2.24, 2.45) is 10.9 Å². The van der Waals surface area contributed by atoms with Crippen LogP contribution >= 0.6 is 35.7 Å². The highest BCUT2D eigenvalue weighted by Gasteiger charge is 2.25. The van der Waals surface area contributed by atoms with Crippen molar-refractivity contribution < 1.29 is 4.79 Å². The van der Waals surface area contributed by atoms with E-state index in [0.717, 1.165) is 55.4 Å². The molecule has 2 N–H and O–H groups in total. The fourth-order valence-electron chi connectivity index (χ4n) is 3.41. The predicted molar refractivity (Wildman–Crippen MR) is 131 cm³/mol. The lowest BCUT2D eigenvalue weighted by atomic mass is 9.85. The number of benzene rings is 1. The molecule has 1 heterocycles. The van der Waals surface area contributed by atoms with Crippen molar-refractivity contribution >= 4 is 53.3 Å². The number of hydrogen-bond donors (Lipinski definition) is 2. The number of aliphatic imine (C=N–C) groups is 1. The Hall–Kier alpha value is -0.960. The van der Waals surface area contributed by atoms with Crippen molar-refractivity contribution in [3.8, 4) is 0 Å². The molecule has 1 aromatic carbocycles. The van der Waals surface area contributed by atoms with Crippen LogP contribution in [0, 0.1) is 5.92 Å². The van der Waals surface area contributed by atoms with E-state index in [1.54, 1.807) is 0 Å². The van der Waals surface area contributed by atoms with Gasteiger partial charge in [-0.3, -0.25) is 4.79 Å². The molecule has 3 rings (SSSR count). The highest BCUT2D eigenvalue weighted by atomic mass is 127. The van der Waals surface area contributed by atoms with E-state index in [1.807, 2.05) is 18.2 Å². The molecule has 156 valence electrons. The van der Waals surface area contributed by atoms with E-state index in [0.29, 0.717) is 11.8 Å². The van der Waals surface area contributed by atoms with Gasteiger partial charge in [-0.05, 0) is 43.9 Å². The Kier molecular flexibility index (Phi) is 9.91. The second kappa shape index (κ2) is 11.9. The highest BCUT2D eigenvalue weighted by molar-refractivity contribution is 14.0. The van der Waals surface area contributed by atoms with Crippen LogP contribution in [0.1, 0.15) is 45.1 Å². The van der Waals surface area contributed by atoms with Crippen LogP contribution in [-0.2, 0) is 11.3 Å². The average molecular weight is 516 g/mol. The lowest BCUT2D eigenvalue weighted by Gasteiger charge is -2.34. The number of halogens is 1. The van der Waals surface area contributed by atoms with Crippen molar-refractivity contribution in [3.63, 3.8) is 0 Å². The summed E-state index contributed by atoms with van der Waals surface area (Å²) in [5.74, 6) is 2.52. The largest absolute Gasteiger partial charge is 0.357 e. The van der Waals surface area contributed by atoms with E-state index in [9.17, 15) is 4.79 Å². The number of anilines is 1. The molecule has 2 aliphatic rings. The molecule has 1 saturated heterocycles. The molecule has 28 heavy (non-hydrogen) atoms. The minimum atomic E-state index is 0. The number of guanidine groups is 1. The van der Waals surface area contributed by atoms with Gasteiger partial charge in [0.2, 0.25) is 5.91 Å². The summed E-state index contributed by atoms with van der Waals surface area (Å²) >= 11 is 2.07. The van der Waals surface area contributed by atoms with Crippen molar-refractivity contribution in [1.82, 2.24) is 10.2 Å². The molecule has 1 amide bonds. The zero-order valence-corrected chi connectivity index (χ0v) is 20.1. The highest BCUT2D eigenvalue weighted by Crippen LogP contribution is 2.27. The third kappa shape index (κ3) is 6.54. The zero-order chi connectivity index (χ0) is 19.1. The first-order chi connectivity index (χ1) is 13.2. The van der Waals surface area contributed by atoms with Crippen molar-refractivity contribution in [2.75, 3.05) is 30.7 Å². The monoisotopic (exact) mass is 516 g/mol. The molecule has 1 atom stereocenters. The normalized spacial score (nSPS) is 20.1. The standard InChI is InChI=1S/C21H32N4OS.HI/c1-3-19-15-25(11-12-27-19)21(22-4-2)23-14-16-7-5-10-18(13-16)24-20(26)17-8-6-9-17;/h5,7,10,13,17,19H,3-4,6,8-9,11-12,14-15H2,1-2H3,(H,22,23)(H,24,26);1H. The quantitative estimate of drug-likeness (QED) is 0.336. The maximum atomic E-state index is 12.2. The molecule has 2 fully saturated rings. The van der Waals surface area contributed by atoms with Crippen molar-refractivity contribution in [2.45, 2.75) is 51.3 Å². The van der Waals surface area contributed by atoms with Crippen LogP contribution in [0.25, 0.3) is 0 Å². The summed E-state index contributed by atoms with van der Waals surface area (Å²) in [5, 5.41) is 7.19. The molecular weight excluding hydrogens is 483 g/mol. The molecule has 7 heteroatoms. The van der Waals surface area contributed by atoms with E-state index >= 15 is 0 Å². The minimum Gasteiger partial charge on any atom is -0.357 e. The summed E-state index contributed by atoms with van der Waals surface area (Å²) in [4.78, 5) is 19.4. The van der Waals surface area contributed by atoms with Crippen LogP contribution in [-0.4, -0.2) is 47.4 Å². The summed E-state index contributed by atoms with van der Waals surface area (Å²) in [5.41, 5.74) is 2.00. The SMILES string of the molecule is CCNC(=NCc1cccc(NC(=O)C2CCC2)c1)N1CCSC(CC)C1.I. The Labute approximate surface area is 190 Å². The number of nitrogens with zero attached hydrogens (tertiary/aromatic N) is 2. The Morgan fingerprint density at radius 2 is 2.14 bits per heavy atom. The van der Waals surface area contributed by atoms with Gasteiger partial charge < -0.3 is 15.5 Å². The van der Waals surface area contributed by atoms with Crippen LogP contribution < -0.4 is 10.6 Å². The lowest BCUT2D eigenvalue weighted by molar-refractivity contribution is -0.122. The van der Waals surface area contributed by atoms with Gasteiger partial charge in [0.15, 0.2) is 5.96 Å². The number of thioether (sulfide) groups is 1. The number of rotatable bonds is 6. The second-order valence-corrected chi connectivity index (χ2v) is 8.74. The van der Waals surface area contributed by atoms with Gasteiger partial charge >= 0.3 is 0 Å². The van der Waals surface area contributed by atoms with E-state index in [2.05, 4.69) is 47.2 Å². The Balaban J connectivity index is 0.00000280. The van der Waals surface area contributed by atoms with Gasteiger partial charge in [0.05, 0.1) is 6.54 Å². The molecule has 0 spiro atoms. The predicted octanol–water partition coefficient (Wildman–Crippen LogP) is 4.34. The summed E-state index contributed by atoms with van der Waals surface area (Å²) in [6.07, 6.45) is 4.42. The van der Waals surface area contributed by atoms with Gasteiger partial charge in [0.1, 0.15) is 0 Å². The van der Waals surface area contributed by atoms with Gasteiger partial charge in [-0.15, -0.1) is 24.0 Å². The smallest absolute Gasteiger partial charge is 0.227 e. The molecule has 1 aliphatic carbocycles. The first-order valence-electron chi connectivity index (χ1n) is 10.2. The van der Waals surface area contributed by atoms with Crippen LogP contribution in [0.2, 0.25) is 0 Å². The van der Waals surface area contributed by atoms with Gasteiger partial charge in [-0.2, -0.15) is 11.8 Å². The van der Waals surface area contributed by atoms with E-state index in [-0.39, 0.29) is 35.8 Å². The summed E-state index contributed by atoms with van der Waals surface area (Å²) in [6.45, 7) is 7.97.